The number of benzene rings is 1. The normalized spacial score (nSPS) is 24.6. The molecule has 0 radical (unpaired) electrons. The molecule has 1 aliphatic rings. The highest BCUT2D eigenvalue weighted by Crippen LogP contribution is 2.45. The first kappa shape index (κ1) is 19.0. The number of carbonyl (C=O) groups excluding carboxylic acids is 1. The average Bonchev–Trinajstić information content (AvgIpc) is 2.52. The molecular weight excluding hydrogens is 294 g/mol. The van der Waals surface area contributed by atoms with Crippen molar-refractivity contribution in [2.75, 3.05) is 6.54 Å². The summed E-state index contributed by atoms with van der Waals surface area (Å²) in [6.45, 7) is 12.2. The Morgan fingerprint density at radius 1 is 1.21 bits per heavy atom. The van der Waals surface area contributed by atoms with Gasteiger partial charge in [0.1, 0.15) is 0 Å². The Balaban J connectivity index is 1.87. The summed E-state index contributed by atoms with van der Waals surface area (Å²) in [6, 6.07) is 10.4. The molecule has 0 heterocycles. The fourth-order valence-electron chi connectivity index (χ4n) is 4.33. The fraction of sp³-hybridized carbons (Fsp3) is 0.682. The van der Waals surface area contributed by atoms with Crippen molar-refractivity contribution in [1.29, 1.82) is 0 Å². The van der Waals surface area contributed by atoms with Gasteiger partial charge < -0.3 is 5.32 Å². The predicted octanol–water partition coefficient (Wildman–Crippen LogP) is 5.39. The fourth-order valence-corrected chi connectivity index (χ4v) is 4.33. The van der Waals surface area contributed by atoms with Crippen molar-refractivity contribution in [3.8, 4) is 0 Å². The van der Waals surface area contributed by atoms with Crippen molar-refractivity contribution in [3.05, 3.63) is 35.9 Å². The van der Waals surface area contributed by atoms with E-state index in [1.807, 2.05) is 6.07 Å². The van der Waals surface area contributed by atoms with Gasteiger partial charge in [0.15, 0.2) is 0 Å². The Hall–Kier alpha value is -1.31. The molecule has 2 nitrogen and oxygen atoms in total. The zero-order valence-corrected chi connectivity index (χ0v) is 16.1. The van der Waals surface area contributed by atoms with E-state index >= 15 is 0 Å². The van der Waals surface area contributed by atoms with Crippen molar-refractivity contribution in [3.63, 3.8) is 0 Å². The third-order valence-electron chi connectivity index (χ3n) is 5.85. The maximum atomic E-state index is 12.5. The summed E-state index contributed by atoms with van der Waals surface area (Å²) >= 11 is 0. The van der Waals surface area contributed by atoms with Crippen LogP contribution in [0.2, 0.25) is 0 Å². The molecule has 0 saturated heterocycles. The second kappa shape index (κ2) is 8.18. The number of rotatable bonds is 6. The highest BCUT2D eigenvalue weighted by atomic mass is 16.1. The first-order chi connectivity index (χ1) is 11.3. The molecule has 1 saturated carbocycles. The first-order valence-electron chi connectivity index (χ1n) is 9.60. The molecule has 1 aliphatic carbocycles. The van der Waals surface area contributed by atoms with Crippen LogP contribution in [0.25, 0.3) is 0 Å². The third kappa shape index (κ3) is 5.36. The highest BCUT2D eigenvalue weighted by molar-refractivity contribution is 5.76. The van der Waals surface area contributed by atoms with Gasteiger partial charge in [-0.15, -0.1) is 0 Å². The van der Waals surface area contributed by atoms with Gasteiger partial charge in [0, 0.05) is 13.0 Å². The summed E-state index contributed by atoms with van der Waals surface area (Å²) in [4.78, 5) is 12.5. The molecule has 134 valence electrons. The van der Waals surface area contributed by atoms with E-state index in [-0.39, 0.29) is 5.91 Å². The molecule has 0 aliphatic heterocycles. The summed E-state index contributed by atoms with van der Waals surface area (Å²) < 4.78 is 0. The molecule has 0 spiro atoms. The monoisotopic (exact) mass is 329 g/mol. The highest BCUT2D eigenvalue weighted by Gasteiger charge is 2.37. The number of nitrogens with one attached hydrogen (secondary N) is 1. The lowest BCUT2D eigenvalue weighted by atomic mass is 9.63. The van der Waals surface area contributed by atoms with Gasteiger partial charge in [-0.25, -0.2) is 0 Å². The maximum Gasteiger partial charge on any atom is 0.220 e. The average molecular weight is 330 g/mol. The number of amides is 1. The van der Waals surface area contributed by atoms with Gasteiger partial charge in [-0.3, -0.25) is 4.79 Å². The van der Waals surface area contributed by atoms with Crippen LogP contribution in [-0.2, 0) is 4.79 Å². The van der Waals surface area contributed by atoms with Crippen LogP contribution in [0.15, 0.2) is 30.3 Å². The summed E-state index contributed by atoms with van der Waals surface area (Å²) in [6.07, 6.45) is 4.42. The Morgan fingerprint density at radius 3 is 2.50 bits per heavy atom. The smallest absolute Gasteiger partial charge is 0.220 e. The molecule has 2 rings (SSSR count). The minimum absolute atomic E-state index is 0.228. The van der Waals surface area contributed by atoms with Crippen molar-refractivity contribution in [1.82, 2.24) is 5.32 Å². The Kier molecular flexibility index (Phi) is 6.48. The largest absolute Gasteiger partial charge is 0.355 e. The summed E-state index contributed by atoms with van der Waals surface area (Å²) in [5, 5.41) is 3.18. The van der Waals surface area contributed by atoms with Crippen molar-refractivity contribution < 1.29 is 4.79 Å². The van der Waals surface area contributed by atoms with E-state index < -0.39 is 0 Å². The standard InChI is InChI=1S/C22H35NO/c1-16(2)20-11-12-22(4,5)14-19(20)13-21(24)23-15-17(3)18-9-7-6-8-10-18/h6-10,16-17,19-20H,11-15H2,1-5H3,(H,23,24)/t17-,19?,20?/m1/s1. The minimum Gasteiger partial charge on any atom is -0.355 e. The van der Waals surface area contributed by atoms with E-state index in [1.54, 1.807) is 0 Å². The van der Waals surface area contributed by atoms with Crippen LogP contribution in [0, 0.1) is 23.2 Å². The lowest BCUT2D eigenvalue weighted by molar-refractivity contribution is -0.123. The van der Waals surface area contributed by atoms with Crippen LogP contribution < -0.4 is 5.32 Å². The molecule has 1 aromatic rings. The third-order valence-corrected chi connectivity index (χ3v) is 5.85. The van der Waals surface area contributed by atoms with Crippen molar-refractivity contribution in [2.24, 2.45) is 23.2 Å². The van der Waals surface area contributed by atoms with E-state index in [2.05, 4.69) is 64.2 Å². The Morgan fingerprint density at radius 2 is 1.88 bits per heavy atom. The van der Waals surface area contributed by atoms with Gasteiger partial charge in [-0.1, -0.05) is 65.0 Å². The number of hydrogen-bond donors (Lipinski definition) is 1. The molecule has 3 atom stereocenters. The van der Waals surface area contributed by atoms with Crippen LogP contribution in [0.1, 0.15) is 71.8 Å². The SMILES string of the molecule is CC(C)C1CCC(C)(C)CC1CC(=O)NC[C@@H](C)c1ccccc1. The van der Waals surface area contributed by atoms with Gasteiger partial charge in [-0.2, -0.15) is 0 Å². The lowest BCUT2D eigenvalue weighted by Gasteiger charge is -2.42. The Labute approximate surface area is 148 Å². The molecule has 2 unspecified atom stereocenters. The molecule has 1 N–H and O–H groups in total. The molecule has 24 heavy (non-hydrogen) atoms. The number of hydrogen-bond acceptors (Lipinski definition) is 1. The van der Waals surface area contributed by atoms with Crippen LogP contribution in [0.3, 0.4) is 0 Å². The van der Waals surface area contributed by atoms with E-state index in [1.165, 1.54) is 24.8 Å². The summed E-state index contributed by atoms with van der Waals surface area (Å²) in [7, 11) is 0. The van der Waals surface area contributed by atoms with Gasteiger partial charge >= 0.3 is 0 Å². The van der Waals surface area contributed by atoms with E-state index in [0.29, 0.717) is 35.5 Å². The van der Waals surface area contributed by atoms with Crippen molar-refractivity contribution in [2.45, 2.75) is 66.2 Å². The lowest BCUT2D eigenvalue weighted by Crippen LogP contribution is -2.37. The second-order valence-corrected chi connectivity index (χ2v) is 8.89. The Bertz CT molecular complexity index is 520. The van der Waals surface area contributed by atoms with Crippen LogP contribution in [0.5, 0.6) is 0 Å². The molecule has 2 heteroatoms. The van der Waals surface area contributed by atoms with Crippen LogP contribution in [-0.4, -0.2) is 12.5 Å². The summed E-state index contributed by atoms with van der Waals surface area (Å²) in [5.41, 5.74) is 1.67. The van der Waals surface area contributed by atoms with Gasteiger partial charge in [0.05, 0.1) is 0 Å². The topological polar surface area (TPSA) is 29.1 Å². The zero-order chi connectivity index (χ0) is 17.7. The zero-order valence-electron chi connectivity index (χ0n) is 16.1. The van der Waals surface area contributed by atoms with Gasteiger partial charge in [0.2, 0.25) is 5.91 Å². The minimum atomic E-state index is 0.228. The molecule has 1 fully saturated rings. The molecule has 1 amide bonds. The summed E-state index contributed by atoms with van der Waals surface area (Å²) in [5.74, 6) is 2.48. The molecule has 0 aromatic heterocycles. The van der Waals surface area contributed by atoms with Crippen LogP contribution in [0.4, 0.5) is 0 Å². The first-order valence-corrected chi connectivity index (χ1v) is 9.60. The predicted molar refractivity (Wildman–Crippen MR) is 102 cm³/mol. The van der Waals surface area contributed by atoms with Gasteiger partial charge in [-0.05, 0) is 53.9 Å². The van der Waals surface area contributed by atoms with E-state index in [4.69, 9.17) is 0 Å². The molecule has 0 bridgehead atoms. The van der Waals surface area contributed by atoms with Crippen LogP contribution >= 0.6 is 0 Å². The van der Waals surface area contributed by atoms with E-state index in [0.717, 1.165) is 6.54 Å². The molecular formula is C22H35NO. The number of carbonyl (C=O) groups is 1. The van der Waals surface area contributed by atoms with E-state index in [9.17, 15) is 4.79 Å². The quantitative estimate of drug-likeness (QED) is 0.744. The van der Waals surface area contributed by atoms with Gasteiger partial charge in [0.25, 0.3) is 0 Å². The second-order valence-electron chi connectivity index (χ2n) is 8.89. The molecule has 1 aromatic carbocycles. The van der Waals surface area contributed by atoms with Crippen molar-refractivity contribution >= 4 is 5.91 Å². The maximum absolute atomic E-state index is 12.5.